The molecule has 0 saturated heterocycles. The van der Waals surface area contributed by atoms with E-state index in [-0.39, 0.29) is 35.6 Å². The summed E-state index contributed by atoms with van der Waals surface area (Å²) in [5.74, 6) is 0. The number of nitrogens with zero attached hydrogens (tertiary/aromatic N) is 1. The molecule has 3 nitrogen and oxygen atoms in total. The normalized spacial score (nSPS) is 7.80. The van der Waals surface area contributed by atoms with Gasteiger partial charge < -0.3 is 15.1 Å². The minimum atomic E-state index is 0. The van der Waals surface area contributed by atoms with Crippen molar-refractivity contribution in [1.29, 1.82) is 0 Å². The first kappa shape index (κ1) is 16.9. The summed E-state index contributed by atoms with van der Waals surface area (Å²) in [6.07, 6.45) is 0. The van der Waals surface area contributed by atoms with Crippen LogP contribution in [0.3, 0.4) is 0 Å². The fourth-order valence-electron chi connectivity index (χ4n) is 0.200. The van der Waals surface area contributed by atoms with Gasteiger partial charge in [0.15, 0.2) is 0 Å². The van der Waals surface area contributed by atoms with Gasteiger partial charge in [-0.3, -0.25) is 0 Å². The molecule has 0 bridgehead atoms. The van der Waals surface area contributed by atoms with Crippen LogP contribution >= 0.6 is 0 Å². The molecule has 0 aliphatic rings. The topological polar surface area (TPSA) is 43.7 Å². The molecule has 0 aliphatic heterocycles. The number of hydrogen-bond acceptors (Lipinski definition) is 3. The Balaban J connectivity index is -0.000000107. The van der Waals surface area contributed by atoms with Gasteiger partial charge in [0, 0.05) is 35.5 Å². The quantitative estimate of drug-likeness (QED) is 0.724. The van der Waals surface area contributed by atoms with Gasteiger partial charge in [-0.2, -0.15) is 0 Å². The van der Waals surface area contributed by atoms with Gasteiger partial charge >= 0.3 is 0 Å². The van der Waals surface area contributed by atoms with Gasteiger partial charge in [-0.05, 0) is 21.0 Å². The molecule has 10 heavy (non-hydrogen) atoms. The van der Waals surface area contributed by atoms with Crippen molar-refractivity contribution in [3.63, 3.8) is 0 Å². The van der Waals surface area contributed by atoms with Crippen molar-refractivity contribution in [2.45, 2.75) is 6.92 Å². The molecule has 0 amide bonds. The number of aliphatic hydroxyl groups is 2. The van der Waals surface area contributed by atoms with Gasteiger partial charge in [0.05, 0.1) is 6.61 Å². The van der Waals surface area contributed by atoms with Gasteiger partial charge in [-0.15, -0.1) is 0 Å². The molecular formula is C6H17NO2Ta. The van der Waals surface area contributed by atoms with Crippen molar-refractivity contribution in [3.8, 4) is 0 Å². The molecule has 0 spiro atoms. The summed E-state index contributed by atoms with van der Waals surface area (Å²) in [6, 6.07) is 0. The fourth-order valence-corrected chi connectivity index (χ4v) is 0.200. The Morgan fingerprint density at radius 2 is 1.50 bits per heavy atom. The van der Waals surface area contributed by atoms with E-state index < -0.39 is 0 Å². The first-order valence-electron chi connectivity index (χ1n) is 3.05. The van der Waals surface area contributed by atoms with Crippen LogP contribution in [0.2, 0.25) is 0 Å². The second-order valence-corrected chi connectivity index (χ2v) is 1.84. The maximum atomic E-state index is 8.20. The number of hydrogen-bond donors (Lipinski definition) is 2. The molecule has 0 heterocycles. The standard InChI is InChI=1S/C4H11NO.C2H6O.Ta/c1-5(2)3-4-6;1-2-3;/h6H,3-4H2,1-2H3;3H,2H2,1H3;. The van der Waals surface area contributed by atoms with E-state index in [2.05, 4.69) is 0 Å². The molecule has 0 rings (SSSR count). The van der Waals surface area contributed by atoms with E-state index in [0.29, 0.717) is 0 Å². The van der Waals surface area contributed by atoms with Crippen molar-refractivity contribution in [2.24, 2.45) is 0 Å². The summed E-state index contributed by atoms with van der Waals surface area (Å²) >= 11 is 0. The summed E-state index contributed by atoms with van der Waals surface area (Å²) in [5.41, 5.74) is 0. The summed E-state index contributed by atoms with van der Waals surface area (Å²) in [5, 5.41) is 15.8. The average molecular weight is 316 g/mol. The third-order valence-electron chi connectivity index (χ3n) is 0.547. The zero-order chi connectivity index (χ0) is 7.70. The van der Waals surface area contributed by atoms with Crippen LogP contribution in [0.1, 0.15) is 6.92 Å². The molecule has 0 aliphatic carbocycles. The number of rotatable bonds is 2. The molecule has 0 aromatic rings. The van der Waals surface area contributed by atoms with E-state index in [0.717, 1.165) is 6.54 Å². The van der Waals surface area contributed by atoms with Crippen molar-refractivity contribution in [1.82, 2.24) is 4.90 Å². The van der Waals surface area contributed by atoms with E-state index >= 15 is 0 Å². The second-order valence-electron chi connectivity index (χ2n) is 1.84. The van der Waals surface area contributed by atoms with Crippen LogP contribution in [0, 0.1) is 0 Å². The molecule has 63 valence electrons. The van der Waals surface area contributed by atoms with Crippen molar-refractivity contribution in [2.75, 3.05) is 33.9 Å². The van der Waals surface area contributed by atoms with Gasteiger partial charge in [-0.25, -0.2) is 0 Å². The maximum Gasteiger partial charge on any atom is 0.0558 e. The van der Waals surface area contributed by atoms with Gasteiger partial charge in [0.2, 0.25) is 0 Å². The molecule has 0 saturated carbocycles. The molecule has 0 atom stereocenters. The van der Waals surface area contributed by atoms with Gasteiger partial charge in [0.25, 0.3) is 0 Å². The predicted octanol–water partition coefficient (Wildman–Crippen LogP) is -0.464. The zero-order valence-electron chi connectivity index (χ0n) is 6.91. The monoisotopic (exact) mass is 316 g/mol. The minimum absolute atomic E-state index is 0. The average Bonchev–Trinajstić information content (AvgIpc) is 1.67. The molecule has 1 radical (unpaired) electrons. The first-order valence-corrected chi connectivity index (χ1v) is 3.05. The summed E-state index contributed by atoms with van der Waals surface area (Å²) in [4.78, 5) is 1.93. The van der Waals surface area contributed by atoms with Crippen LogP contribution in [-0.2, 0) is 22.4 Å². The van der Waals surface area contributed by atoms with Crippen molar-refractivity contribution < 1.29 is 32.6 Å². The molecule has 2 N–H and O–H groups in total. The summed E-state index contributed by atoms with van der Waals surface area (Å²) in [6.45, 7) is 2.95. The molecule has 0 aromatic heterocycles. The Kier molecular flexibility index (Phi) is 27.6. The number of aliphatic hydroxyl groups excluding tert-OH is 2. The van der Waals surface area contributed by atoms with E-state index in [1.807, 2.05) is 19.0 Å². The Hall–Kier alpha value is 0.620. The molecular weight excluding hydrogens is 299 g/mol. The molecule has 0 aromatic carbocycles. The Morgan fingerprint density at radius 3 is 1.50 bits per heavy atom. The molecule has 0 fully saturated rings. The van der Waals surface area contributed by atoms with Crippen LogP contribution < -0.4 is 0 Å². The third kappa shape index (κ3) is 38.2. The number of likely N-dealkylation sites (N-methyl/N-ethyl adjacent to an activating group) is 1. The van der Waals surface area contributed by atoms with Crippen molar-refractivity contribution >= 4 is 0 Å². The van der Waals surface area contributed by atoms with E-state index in [1.54, 1.807) is 6.92 Å². The second kappa shape index (κ2) is 16.3. The van der Waals surface area contributed by atoms with E-state index in [4.69, 9.17) is 10.2 Å². The van der Waals surface area contributed by atoms with Gasteiger partial charge in [-0.1, -0.05) is 0 Å². The third-order valence-corrected chi connectivity index (χ3v) is 0.547. The Labute approximate surface area is 78.6 Å². The maximum absolute atomic E-state index is 8.20. The Morgan fingerprint density at radius 1 is 1.20 bits per heavy atom. The predicted molar refractivity (Wildman–Crippen MR) is 38.4 cm³/mol. The van der Waals surface area contributed by atoms with Crippen LogP contribution in [0.4, 0.5) is 0 Å². The van der Waals surface area contributed by atoms with Crippen LogP contribution in [0.15, 0.2) is 0 Å². The molecule has 4 heteroatoms. The van der Waals surface area contributed by atoms with Crippen molar-refractivity contribution in [3.05, 3.63) is 0 Å². The SMILES string of the molecule is CCO.CN(C)CCO.[Ta]. The van der Waals surface area contributed by atoms with Gasteiger partial charge in [0.1, 0.15) is 0 Å². The first-order chi connectivity index (χ1) is 4.18. The Bertz CT molecular complexity index is 44.7. The summed E-state index contributed by atoms with van der Waals surface area (Å²) in [7, 11) is 3.85. The van der Waals surface area contributed by atoms with Crippen LogP contribution in [0.5, 0.6) is 0 Å². The smallest absolute Gasteiger partial charge is 0.0558 e. The molecule has 0 unspecified atom stereocenters. The fraction of sp³-hybridized carbons (Fsp3) is 1.00. The van der Waals surface area contributed by atoms with E-state index in [9.17, 15) is 0 Å². The largest absolute Gasteiger partial charge is 0.397 e. The van der Waals surface area contributed by atoms with Crippen LogP contribution in [0.25, 0.3) is 0 Å². The minimum Gasteiger partial charge on any atom is -0.397 e. The van der Waals surface area contributed by atoms with E-state index in [1.165, 1.54) is 0 Å². The zero-order valence-corrected chi connectivity index (χ0v) is 10.1. The van der Waals surface area contributed by atoms with Crippen LogP contribution in [-0.4, -0.2) is 49.0 Å². The summed E-state index contributed by atoms with van der Waals surface area (Å²) < 4.78 is 0.